The summed E-state index contributed by atoms with van der Waals surface area (Å²) in [5, 5.41) is 3.14. The van der Waals surface area contributed by atoms with Crippen molar-refractivity contribution >= 4 is 5.78 Å². The molecular weight excluding hydrogens is 154 g/mol. The molecule has 0 atom stereocenters. The van der Waals surface area contributed by atoms with E-state index in [0.717, 1.165) is 13.1 Å². The number of ketones is 1. The Labute approximate surface area is 70.8 Å². The van der Waals surface area contributed by atoms with Crippen LogP contribution in [0.15, 0.2) is 23.0 Å². The number of carbonyl (C=O) groups excluding carboxylic acids is 1. The van der Waals surface area contributed by atoms with Crippen LogP contribution in [0, 0.1) is 5.92 Å². The van der Waals surface area contributed by atoms with Gasteiger partial charge in [0.2, 0.25) is 0 Å². The van der Waals surface area contributed by atoms with Gasteiger partial charge in [-0.25, -0.2) is 0 Å². The maximum absolute atomic E-state index is 11.4. The van der Waals surface area contributed by atoms with Gasteiger partial charge in [-0.2, -0.15) is 0 Å². The lowest BCUT2D eigenvalue weighted by Crippen LogP contribution is -2.42. The number of hydrogen-bond donors (Lipinski definition) is 1. The number of hydrogen-bond acceptors (Lipinski definition) is 3. The summed E-state index contributed by atoms with van der Waals surface area (Å²) in [6.45, 7) is 1.95. The van der Waals surface area contributed by atoms with Crippen molar-refractivity contribution in [2.75, 3.05) is 13.1 Å². The van der Waals surface area contributed by atoms with Crippen LogP contribution >= 0.6 is 0 Å². The predicted octanol–water partition coefficient (Wildman–Crippen LogP) is 1.07. The molecule has 1 aliphatic heterocycles. The topological polar surface area (TPSA) is 42.2 Å². The Balaban J connectivity index is 1.92. The molecule has 0 amide bonds. The first kappa shape index (κ1) is 7.55. The van der Waals surface area contributed by atoms with E-state index < -0.39 is 0 Å². The quantitative estimate of drug-likeness (QED) is 0.681. The Bertz CT molecular complexity index is 262. The molecule has 0 bridgehead atoms. The first-order valence-electron chi connectivity index (χ1n) is 4.12. The lowest BCUT2D eigenvalue weighted by Gasteiger charge is -2.25. The number of Topliss-reactive ketones (excluding diaryl/α,β-unsaturated/α-hetero) is 1. The van der Waals surface area contributed by atoms with E-state index >= 15 is 0 Å². The highest BCUT2D eigenvalue weighted by Crippen LogP contribution is 2.13. The Hall–Kier alpha value is -1.09. The standard InChI is InChI=1S/C9H11NO2/c11-9(3-7-4-10-5-7)8-1-2-12-6-8/h1-2,6-7,10H,3-5H2. The SMILES string of the molecule is O=C(CC1CNC1)c1ccoc1. The van der Waals surface area contributed by atoms with E-state index in [9.17, 15) is 4.79 Å². The first-order chi connectivity index (χ1) is 5.86. The molecule has 3 nitrogen and oxygen atoms in total. The van der Waals surface area contributed by atoms with Gasteiger partial charge in [-0.1, -0.05) is 0 Å². The molecule has 1 N–H and O–H groups in total. The normalized spacial score (nSPS) is 17.3. The van der Waals surface area contributed by atoms with Crippen LogP contribution < -0.4 is 5.32 Å². The van der Waals surface area contributed by atoms with Gasteiger partial charge in [0, 0.05) is 6.42 Å². The second-order valence-corrected chi connectivity index (χ2v) is 3.16. The van der Waals surface area contributed by atoms with E-state index in [1.165, 1.54) is 12.5 Å². The molecule has 0 unspecified atom stereocenters. The molecule has 2 heterocycles. The van der Waals surface area contributed by atoms with Crippen molar-refractivity contribution in [2.45, 2.75) is 6.42 Å². The van der Waals surface area contributed by atoms with E-state index in [4.69, 9.17) is 4.42 Å². The summed E-state index contributed by atoms with van der Waals surface area (Å²) in [5.41, 5.74) is 0.696. The van der Waals surface area contributed by atoms with Crippen molar-refractivity contribution in [3.05, 3.63) is 24.2 Å². The zero-order valence-corrected chi connectivity index (χ0v) is 6.75. The minimum atomic E-state index is 0.190. The molecule has 0 saturated carbocycles. The zero-order valence-electron chi connectivity index (χ0n) is 6.75. The fraction of sp³-hybridized carbons (Fsp3) is 0.444. The van der Waals surface area contributed by atoms with Crippen molar-refractivity contribution in [3.63, 3.8) is 0 Å². The van der Waals surface area contributed by atoms with E-state index in [1.807, 2.05) is 0 Å². The van der Waals surface area contributed by atoms with Crippen LogP contribution in [0.1, 0.15) is 16.8 Å². The van der Waals surface area contributed by atoms with E-state index in [2.05, 4.69) is 5.32 Å². The smallest absolute Gasteiger partial charge is 0.166 e. The molecule has 0 aromatic carbocycles. The summed E-state index contributed by atoms with van der Waals surface area (Å²) < 4.78 is 4.83. The van der Waals surface area contributed by atoms with E-state index in [0.29, 0.717) is 17.9 Å². The van der Waals surface area contributed by atoms with Crippen molar-refractivity contribution in [2.24, 2.45) is 5.92 Å². The highest BCUT2D eigenvalue weighted by atomic mass is 16.3. The highest BCUT2D eigenvalue weighted by molar-refractivity contribution is 5.95. The number of nitrogens with one attached hydrogen (secondary N) is 1. The largest absolute Gasteiger partial charge is 0.472 e. The van der Waals surface area contributed by atoms with Crippen LogP contribution in [0.3, 0.4) is 0 Å². The maximum Gasteiger partial charge on any atom is 0.166 e. The molecule has 1 aromatic rings. The molecule has 0 aliphatic carbocycles. The molecule has 1 aromatic heterocycles. The highest BCUT2D eigenvalue weighted by Gasteiger charge is 2.20. The molecule has 64 valence electrons. The lowest BCUT2D eigenvalue weighted by molar-refractivity contribution is 0.0945. The summed E-state index contributed by atoms with van der Waals surface area (Å²) in [5.74, 6) is 0.725. The predicted molar refractivity (Wildman–Crippen MR) is 44.0 cm³/mol. The van der Waals surface area contributed by atoms with Crippen molar-refractivity contribution in [1.82, 2.24) is 5.32 Å². The van der Waals surface area contributed by atoms with Gasteiger partial charge < -0.3 is 9.73 Å². The minimum absolute atomic E-state index is 0.190. The van der Waals surface area contributed by atoms with Crippen molar-refractivity contribution < 1.29 is 9.21 Å². The second-order valence-electron chi connectivity index (χ2n) is 3.16. The van der Waals surface area contributed by atoms with Crippen LogP contribution in [0.5, 0.6) is 0 Å². The summed E-state index contributed by atoms with van der Waals surface area (Å²) >= 11 is 0. The Morgan fingerprint density at radius 3 is 3.00 bits per heavy atom. The Kier molecular flexibility index (Phi) is 1.96. The van der Waals surface area contributed by atoms with Crippen molar-refractivity contribution in [1.29, 1.82) is 0 Å². The fourth-order valence-electron chi connectivity index (χ4n) is 1.30. The average Bonchev–Trinajstić information content (AvgIpc) is 2.47. The summed E-state index contributed by atoms with van der Waals surface area (Å²) in [4.78, 5) is 11.4. The van der Waals surface area contributed by atoms with Gasteiger partial charge in [0.15, 0.2) is 5.78 Å². The third-order valence-electron chi connectivity index (χ3n) is 2.18. The zero-order chi connectivity index (χ0) is 8.39. The molecular formula is C9H11NO2. The molecule has 0 spiro atoms. The molecule has 2 rings (SSSR count). The number of rotatable bonds is 3. The van der Waals surface area contributed by atoms with Crippen LogP contribution in [-0.2, 0) is 0 Å². The first-order valence-corrected chi connectivity index (χ1v) is 4.12. The minimum Gasteiger partial charge on any atom is -0.472 e. The summed E-state index contributed by atoms with van der Waals surface area (Å²) in [6, 6.07) is 1.72. The van der Waals surface area contributed by atoms with Crippen molar-refractivity contribution in [3.8, 4) is 0 Å². The van der Waals surface area contributed by atoms with E-state index in [-0.39, 0.29) is 5.78 Å². The molecule has 1 fully saturated rings. The fourth-order valence-corrected chi connectivity index (χ4v) is 1.30. The third kappa shape index (κ3) is 1.41. The molecule has 1 saturated heterocycles. The number of carbonyl (C=O) groups is 1. The Morgan fingerprint density at radius 1 is 1.67 bits per heavy atom. The third-order valence-corrected chi connectivity index (χ3v) is 2.18. The van der Waals surface area contributed by atoms with Gasteiger partial charge in [0.05, 0.1) is 11.8 Å². The van der Waals surface area contributed by atoms with Gasteiger partial charge in [0.25, 0.3) is 0 Å². The number of furan rings is 1. The van der Waals surface area contributed by atoms with Gasteiger partial charge in [0.1, 0.15) is 6.26 Å². The van der Waals surface area contributed by atoms with Crippen LogP contribution in [0.2, 0.25) is 0 Å². The van der Waals surface area contributed by atoms with Crippen LogP contribution in [0.4, 0.5) is 0 Å². The summed E-state index contributed by atoms with van der Waals surface area (Å²) in [7, 11) is 0. The molecule has 1 aliphatic rings. The second kappa shape index (κ2) is 3.11. The van der Waals surface area contributed by atoms with Gasteiger partial charge in [-0.05, 0) is 25.1 Å². The molecule has 12 heavy (non-hydrogen) atoms. The van der Waals surface area contributed by atoms with Crippen LogP contribution in [-0.4, -0.2) is 18.9 Å². The van der Waals surface area contributed by atoms with Gasteiger partial charge in [-0.15, -0.1) is 0 Å². The van der Waals surface area contributed by atoms with Crippen LogP contribution in [0.25, 0.3) is 0 Å². The molecule has 0 radical (unpaired) electrons. The Morgan fingerprint density at radius 2 is 2.50 bits per heavy atom. The van der Waals surface area contributed by atoms with Gasteiger partial charge >= 0.3 is 0 Å². The maximum atomic E-state index is 11.4. The van der Waals surface area contributed by atoms with Gasteiger partial charge in [-0.3, -0.25) is 4.79 Å². The summed E-state index contributed by atoms with van der Waals surface area (Å²) in [6.07, 6.45) is 3.69. The lowest BCUT2D eigenvalue weighted by atomic mass is 9.95. The average molecular weight is 165 g/mol. The molecule has 3 heteroatoms. The monoisotopic (exact) mass is 165 g/mol. The van der Waals surface area contributed by atoms with E-state index in [1.54, 1.807) is 6.07 Å².